The first-order chi connectivity index (χ1) is 20.0. The molecule has 6 rings (SSSR count). The fraction of sp³-hybridized carbons (Fsp3) is 0.0294. The van der Waals surface area contributed by atoms with E-state index in [4.69, 9.17) is 9.72 Å². The normalized spacial score (nSPS) is 11.3. The van der Waals surface area contributed by atoms with Gasteiger partial charge >= 0.3 is 0 Å². The van der Waals surface area contributed by atoms with Crippen molar-refractivity contribution in [1.29, 1.82) is 0 Å². The zero-order valence-electron chi connectivity index (χ0n) is 21.7. The summed E-state index contributed by atoms with van der Waals surface area (Å²) in [5.41, 5.74) is 7.45. The van der Waals surface area contributed by atoms with Crippen LogP contribution < -0.4 is 10.2 Å². The number of carbonyl (C=O) groups is 1. The van der Waals surface area contributed by atoms with E-state index in [1.807, 2.05) is 78.9 Å². The minimum absolute atomic E-state index is 0.314. The lowest BCUT2D eigenvalue weighted by molar-refractivity contribution is 0.0956. The minimum Gasteiger partial charge on any atom is -0.487 e. The molecule has 7 heteroatoms. The predicted octanol–water partition coefficient (Wildman–Crippen LogP) is 8.92. The molecule has 1 aromatic heterocycles. The number of amides is 1. The number of pyridine rings is 1. The Hall–Kier alpha value is -4.33. The number of hydrogen-bond acceptors (Lipinski definition) is 4. The van der Waals surface area contributed by atoms with E-state index in [2.05, 4.69) is 72.7 Å². The van der Waals surface area contributed by atoms with Gasteiger partial charge in [-0.2, -0.15) is 5.10 Å². The van der Waals surface area contributed by atoms with E-state index >= 15 is 0 Å². The second-order valence-corrected chi connectivity index (χ2v) is 11.1. The van der Waals surface area contributed by atoms with Gasteiger partial charge in [0.2, 0.25) is 0 Å². The van der Waals surface area contributed by atoms with E-state index in [1.165, 1.54) is 10.8 Å². The SMILES string of the molecule is O=C(N/N=C/c1cc(Br)c(OCc2ccc3ccccc3c2)c(Br)c1)c1cc(-c2ccccc2)nc2ccccc12. The molecule has 6 aromatic rings. The molecular formula is C34H23Br2N3O2. The van der Waals surface area contributed by atoms with Gasteiger partial charge in [0.05, 0.1) is 31.9 Å². The number of ether oxygens (including phenoxy) is 1. The summed E-state index contributed by atoms with van der Waals surface area (Å²) in [6.45, 7) is 0.427. The molecule has 1 amide bonds. The number of nitrogens with one attached hydrogen (secondary N) is 1. The van der Waals surface area contributed by atoms with Gasteiger partial charge < -0.3 is 4.74 Å². The van der Waals surface area contributed by atoms with Crippen molar-refractivity contribution in [2.24, 2.45) is 5.10 Å². The lowest BCUT2D eigenvalue weighted by Crippen LogP contribution is -2.18. The Labute approximate surface area is 254 Å². The molecule has 1 N–H and O–H groups in total. The van der Waals surface area contributed by atoms with Gasteiger partial charge in [-0.1, -0.05) is 84.9 Å². The molecule has 0 fully saturated rings. The van der Waals surface area contributed by atoms with E-state index in [-0.39, 0.29) is 5.91 Å². The summed E-state index contributed by atoms with van der Waals surface area (Å²) < 4.78 is 7.68. The van der Waals surface area contributed by atoms with Crippen molar-refractivity contribution in [1.82, 2.24) is 10.4 Å². The maximum absolute atomic E-state index is 13.2. The van der Waals surface area contributed by atoms with Crippen molar-refractivity contribution < 1.29 is 9.53 Å². The molecule has 0 atom stereocenters. The van der Waals surface area contributed by atoms with Crippen LogP contribution in [0.5, 0.6) is 5.75 Å². The molecule has 0 saturated carbocycles. The molecule has 0 aliphatic carbocycles. The minimum atomic E-state index is -0.314. The zero-order valence-corrected chi connectivity index (χ0v) is 24.9. The summed E-state index contributed by atoms with van der Waals surface area (Å²) in [5, 5.41) is 7.37. The smallest absolute Gasteiger partial charge is 0.272 e. The Balaban J connectivity index is 1.17. The average molecular weight is 665 g/mol. The number of hydrogen-bond donors (Lipinski definition) is 1. The highest BCUT2D eigenvalue weighted by Gasteiger charge is 2.14. The molecule has 41 heavy (non-hydrogen) atoms. The number of halogens is 2. The monoisotopic (exact) mass is 663 g/mol. The third kappa shape index (κ3) is 6.06. The summed E-state index contributed by atoms with van der Waals surface area (Å²) in [4.78, 5) is 18.0. The van der Waals surface area contributed by atoms with E-state index in [0.29, 0.717) is 17.9 Å². The van der Waals surface area contributed by atoms with Crippen molar-refractivity contribution in [2.75, 3.05) is 0 Å². The predicted molar refractivity (Wildman–Crippen MR) is 172 cm³/mol. The first-order valence-corrected chi connectivity index (χ1v) is 14.5. The lowest BCUT2D eigenvalue weighted by atomic mass is 10.0. The lowest BCUT2D eigenvalue weighted by Gasteiger charge is -2.12. The number of hydrazone groups is 1. The third-order valence-corrected chi connectivity index (χ3v) is 7.81. The van der Waals surface area contributed by atoms with Gasteiger partial charge in [0.15, 0.2) is 0 Å². The van der Waals surface area contributed by atoms with Crippen LogP contribution in [0.4, 0.5) is 0 Å². The molecule has 1 heterocycles. The van der Waals surface area contributed by atoms with Gasteiger partial charge in [-0.25, -0.2) is 10.4 Å². The zero-order chi connectivity index (χ0) is 28.2. The maximum atomic E-state index is 13.2. The Kier molecular flexibility index (Phi) is 7.89. The van der Waals surface area contributed by atoms with E-state index < -0.39 is 0 Å². The summed E-state index contributed by atoms with van der Waals surface area (Å²) in [6, 6.07) is 37.6. The summed E-state index contributed by atoms with van der Waals surface area (Å²) >= 11 is 7.23. The summed E-state index contributed by atoms with van der Waals surface area (Å²) in [6.07, 6.45) is 1.60. The fourth-order valence-corrected chi connectivity index (χ4v) is 6.07. The van der Waals surface area contributed by atoms with Crippen molar-refractivity contribution >= 4 is 65.7 Å². The molecule has 0 spiro atoms. The molecule has 200 valence electrons. The summed E-state index contributed by atoms with van der Waals surface area (Å²) in [5.74, 6) is 0.376. The molecule has 0 aliphatic heterocycles. The Morgan fingerprint density at radius 1 is 0.805 bits per heavy atom. The second kappa shape index (κ2) is 12.0. The van der Waals surface area contributed by atoms with Crippen LogP contribution in [-0.4, -0.2) is 17.1 Å². The van der Waals surface area contributed by atoms with Crippen LogP contribution in [0.3, 0.4) is 0 Å². The van der Waals surface area contributed by atoms with Crippen molar-refractivity contribution in [3.63, 3.8) is 0 Å². The van der Waals surface area contributed by atoms with Gasteiger partial charge in [-0.05, 0) is 84.1 Å². The van der Waals surface area contributed by atoms with E-state index in [9.17, 15) is 4.79 Å². The average Bonchev–Trinajstić information content (AvgIpc) is 3.00. The molecule has 5 aromatic carbocycles. The first-order valence-electron chi connectivity index (χ1n) is 12.9. The number of benzene rings is 5. The van der Waals surface area contributed by atoms with E-state index in [0.717, 1.165) is 42.2 Å². The van der Waals surface area contributed by atoms with Crippen LogP contribution in [0, 0.1) is 0 Å². The molecule has 0 radical (unpaired) electrons. The molecule has 5 nitrogen and oxygen atoms in total. The highest BCUT2D eigenvalue weighted by molar-refractivity contribution is 9.11. The highest BCUT2D eigenvalue weighted by Crippen LogP contribution is 2.35. The van der Waals surface area contributed by atoms with Gasteiger partial charge in [0, 0.05) is 10.9 Å². The molecule has 0 unspecified atom stereocenters. The van der Waals surface area contributed by atoms with Crippen molar-refractivity contribution in [2.45, 2.75) is 6.61 Å². The largest absolute Gasteiger partial charge is 0.487 e. The second-order valence-electron chi connectivity index (χ2n) is 9.42. The highest BCUT2D eigenvalue weighted by atomic mass is 79.9. The van der Waals surface area contributed by atoms with Crippen LogP contribution in [0.1, 0.15) is 21.5 Å². The number of para-hydroxylation sites is 1. The molecular weight excluding hydrogens is 642 g/mol. The van der Waals surface area contributed by atoms with Gasteiger partial charge in [-0.15, -0.1) is 0 Å². The Morgan fingerprint density at radius 2 is 1.51 bits per heavy atom. The Bertz CT molecular complexity index is 1900. The number of carbonyl (C=O) groups excluding carboxylic acids is 1. The first kappa shape index (κ1) is 26.9. The van der Waals surface area contributed by atoms with Crippen molar-refractivity contribution in [3.05, 3.63) is 141 Å². The standard InChI is InChI=1S/C34H23Br2N3O2/c35-29-17-23(18-30(36)33(29)41-21-22-14-15-24-8-4-5-11-26(24)16-22)20-37-39-34(40)28-19-32(25-9-2-1-3-10-25)38-31-13-7-6-12-27(28)31/h1-20H,21H2,(H,39,40)/b37-20+. The van der Waals surface area contributed by atoms with Gasteiger partial charge in [0.1, 0.15) is 12.4 Å². The van der Waals surface area contributed by atoms with Crippen LogP contribution in [-0.2, 0) is 6.61 Å². The van der Waals surface area contributed by atoms with Crippen LogP contribution >= 0.6 is 31.9 Å². The number of aromatic nitrogens is 1. The number of rotatable bonds is 7. The third-order valence-electron chi connectivity index (χ3n) is 6.63. The quantitative estimate of drug-likeness (QED) is 0.137. The summed E-state index contributed by atoms with van der Waals surface area (Å²) in [7, 11) is 0. The van der Waals surface area contributed by atoms with Crippen LogP contribution in [0.15, 0.2) is 129 Å². The van der Waals surface area contributed by atoms with Crippen LogP contribution in [0.25, 0.3) is 32.9 Å². The number of fused-ring (bicyclic) bond motifs is 2. The topological polar surface area (TPSA) is 63.6 Å². The van der Waals surface area contributed by atoms with Crippen LogP contribution in [0.2, 0.25) is 0 Å². The van der Waals surface area contributed by atoms with Gasteiger partial charge in [0.25, 0.3) is 5.91 Å². The maximum Gasteiger partial charge on any atom is 0.272 e. The van der Waals surface area contributed by atoms with Gasteiger partial charge in [-0.3, -0.25) is 4.79 Å². The van der Waals surface area contributed by atoms with Crippen molar-refractivity contribution in [3.8, 4) is 17.0 Å². The van der Waals surface area contributed by atoms with E-state index in [1.54, 1.807) is 12.3 Å². The molecule has 0 bridgehead atoms. The number of nitrogens with zero attached hydrogens (tertiary/aromatic N) is 2. The molecule has 0 saturated heterocycles. The molecule has 0 aliphatic rings. The Morgan fingerprint density at radius 3 is 2.32 bits per heavy atom. The fourth-order valence-electron chi connectivity index (χ4n) is 4.62.